The van der Waals surface area contributed by atoms with Crippen molar-refractivity contribution in [3.63, 3.8) is 0 Å². The number of hydrogen-bond acceptors (Lipinski definition) is 6. The van der Waals surface area contributed by atoms with Gasteiger partial charge < -0.3 is 4.74 Å². The first-order chi connectivity index (χ1) is 13.7. The smallest absolute Gasteiger partial charge is 0.242 e. The van der Waals surface area contributed by atoms with Gasteiger partial charge in [0.05, 0.1) is 23.4 Å². The molecule has 0 atom stereocenters. The van der Waals surface area contributed by atoms with E-state index in [1.165, 1.54) is 18.2 Å². The van der Waals surface area contributed by atoms with E-state index in [1.54, 1.807) is 20.1 Å². The number of sulfonamides is 2. The number of anilines is 1. The van der Waals surface area contributed by atoms with E-state index >= 15 is 0 Å². The Bertz CT molecular complexity index is 1140. The molecular formula is C19H22N2O6S2. The molecule has 0 bridgehead atoms. The summed E-state index contributed by atoms with van der Waals surface area (Å²) in [6.45, 7) is 1.74. The van der Waals surface area contributed by atoms with E-state index in [-0.39, 0.29) is 29.3 Å². The van der Waals surface area contributed by atoms with Gasteiger partial charge in [0.1, 0.15) is 5.75 Å². The third kappa shape index (κ3) is 4.44. The van der Waals surface area contributed by atoms with Crippen LogP contribution in [0.3, 0.4) is 0 Å². The quantitative estimate of drug-likeness (QED) is 0.703. The third-order valence-corrected chi connectivity index (χ3v) is 7.95. The Morgan fingerprint density at radius 2 is 1.90 bits per heavy atom. The van der Waals surface area contributed by atoms with Crippen molar-refractivity contribution in [2.24, 2.45) is 0 Å². The summed E-state index contributed by atoms with van der Waals surface area (Å²) in [5.41, 5.74) is 1.34. The van der Waals surface area contributed by atoms with Crippen LogP contribution in [0.2, 0.25) is 0 Å². The first kappa shape index (κ1) is 21.3. The molecule has 0 aliphatic carbocycles. The van der Waals surface area contributed by atoms with Gasteiger partial charge in [0, 0.05) is 13.0 Å². The molecule has 0 saturated carbocycles. The van der Waals surface area contributed by atoms with E-state index in [0.29, 0.717) is 22.0 Å². The number of para-hydroxylation sites is 1. The van der Waals surface area contributed by atoms with Crippen LogP contribution in [-0.4, -0.2) is 42.2 Å². The Morgan fingerprint density at radius 3 is 2.55 bits per heavy atom. The molecule has 8 nitrogen and oxygen atoms in total. The standard InChI is InChI=1S/C19H22N2O6S2/c1-14-7-8-16(21-19(22)10-12-28(21,23)24)13-18(14)29(25,26)20-11-9-15-5-3-4-6-17(15)27-2/h3-8,13,20H,9-12H2,1-2H3. The maximum atomic E-state index is 12.8. The van der Waals surface area contributed by atoms with Gasteiger partial charge in [-0.05, 0) is 42.7 Å². The summed E-state index contributed by atoms with van der Waals surface area (Å²) in [7, 11) is -6.13. The lowest BCUT2D eigenvalue weighted by Crippen LogP contribution is -2.30. The lowest BCUT2D eigenvalue weighted by atomic mass is 10.1. The average Bonchev–Trinajstić information content (AvgIpc) is 2.95. The summed E-state index contributed by atoms with van der Waals surface area (Å²) in [6, 6.07) is 11.5. The highest BCUT2D eigenvalue weighted by Gasteiger charge is 2.36. The van der Waals surface area contributed by atoms with Crippen molar-refractivity contribution < 1.29 is 26.4 Å². The van der Waals surface area contributed by atoms with Gasteiger partial charge in [-0.25, -0.2) is 25.9 Å². The van der Waals surface area contributed by atoms with E-state index in [4.69, 9.17) is 4.74 Å². The monoisotopic (exact) mass is 438 g/mol. The Balaban J connectivity index is 1.82. The molecule has 1 aliphatic heterocycles. The number of benzene rings is 2. The molecule has 0 unspecified atom stereocenters. The summed E-state index contributed by atoms with van der Waals surface area (Å²) < 4.78 is 58.4. The maximum Gasteiger partial charge on any atom is 0.242 e. The normalized spacial score (nSPS) is 16.2. The Kier molecular flexibility index (Phi) is 5.97. The molecule has 0 aromatic heterocycles. The topological polar surface area (TPSA) is 110 Å². The number of ether oxygens (including phenoxy) is 1. The van der Waals surface area contributed by atoms with Gasteiger partial charge in [-0.1, -0.05) is 24.3 Å². The number of amides is 1. The van der Waals surface area contributed by atoms with E-state index in [9.17, 15) is 21.6 Å². The molecule has 2 aromatic carbocycles. The summed E-state index contributed by atoms with van der Waals surface area (Å²) in [5, 5.41) is 0. The Hall–Kier alpha value is -2.43. The van der Waals surface area contributed by atoms with E-state index in [0.717, 1.165) is 5.56 Å². The lowest BCUT2D eigenvalue weighted by molar-refractivity contribution is -0.116. The SMILES string of the molecule is COc1ccccc1CCNS(=O)(=O)c1cc(N2C(=O)CCS2(=O)=O)ccc1C. The number of rotatable bonds is 7. The van der Waals surface area contributed by atoms with Crippen molar-refractivity contribution in [3.05, 3.63) is 53.6 Å². The zero-order chi connectivity index (χ0) is 21.2. The van der Waals surface area contributed by atoms with Crippen LogP contribution in [0.5, 0.6) is 5.75 Å². The number of nitrogens with zero attached hydrogens (tertiary/aromatic N) is 1. The second-order valence-electron chi connectivity index (χ2n) is 6.63. The van der Waals surface area contributed by atoms with Gasteiger partial charge >= 0.3 is 0 Å². The van der Waals surface area contributed by atoms with Crippen LogP contribution in [-0.2, 0) is 31.3 Å². The van der Waals surface area contributed by atoms with Gasteiger partial charge in [0.2, 0.25) is 26.0 Å². The largest absolute Gasteiger partial charge is 0.496 e. The number of methoxy groups -OCH3 is 1. The highest BCUT2D eigenvalue weighted by Crippen LogP contribution is 2.29. The summed E-state index contributed by atoms with van der Waals surface area (Å²) in [4.78, 5) is 11.9. The fraction of sp³-hybridized carbons (Fsp3) is 0.316. The summed E-state index contributed by atoms with van der Waals surface area (Å²) >= 11 is 0. The Labute approximate surface area is 170 Å². The Morgan fingerprint density at radius 1 is 1.17 bits per heavy atom. The predicted molar refractivity (Wildman–Crippen MR) is 109 cm³/mol. The average molecular weight is 439 g/mol. The molecule has 1 N–H and O–H groups in total. The molecule has 1 aliphatic rings. The lowest BCUT2D eigenvalue weighted by Gasteiger charge is -2.17. The molecule has 0 radical (unpaired) electrons. The van der Waals surface area contributed by atoms with E-state index in [2.05, 4.69) is 4.72 Å². The molecule has 1 saturated heterocycles. The first-order valence-electron chi connectivity index (χ1n) is 8.94. The molecule has 10 heteroatoms. The molecule has 1 heterocycles. The zero-order valence-electron chi connectivity index (χ0n) is 16.1. The van der Waals surface area contributed by atoms with Gasteiger partial charge in [0.15, 0.2) is 0 Å². The number of carbonyl (C=O) groups is 1. The highest BCUT2D eigenvalue weighted by atomic mass is 32.2. The minimum atomic E-state index is -3.91. The van der Waals surface area contributed by atoms with Crippen LogP contribution >= 0.6 is 0 Å². The summed E-state index contributed by atoms with van der Waals surface area (Å²) in [6.07, 6.45) is 0.302. The molecular weight excluding hydrogens is 416 g/mol. The number of nitrogens with one attached hydrogen (secondary N) is 1. The van der Waals surface area contributed by atoms with Crippen molar-refractivity contribution in [3.8, 4) is 5.75 Å². The number of carbonyl (C=O) groups excluding carboxylic acids is 1. The number of aryl methyl sites for hydroxylation is 1. The zero-order valence-corrected chi connectivity index (χ0v) is 17.7. The van der Waals surface area contributed by atoms with Crippen LogP contribution in [0.1, 0.15) is 17.5 Å². The molecule has 2 aromatic rings. The molecule has 1 amide bonds. The van der Waals surface area contributed by atoms with Crippen LogP contribution in [0, 0.1) is 6.92 Å². The fourth-order valence-corrected chi connectivity index (χ4v) is 5.93. The second kappa shape index (κ2) is 8.13. The highest BCUT2D eigenvalue weighted by molar-refractivity contribution is 7.94. The van der Waals surface area contributed by atoms with Gasteiger partial charge in [0.25, 0.3) is 0 Å². The van der Waals surface area contributed by atoms with E-state index in [1.807, 2.05) is 18.2 Å². The second-order valence-corrected chi connectivity index (χ2v) is 10.3. The van der Waals surface area contributed by atoms with Crippen molar-refractivity contribution in [1.29, 1.82) is 0 Å². The van der Waals surface area contributed by atoms with Crippen LogP contribution in [0.15, 0.2) is 47.4 Å². The summed E-state index contributed by atoms with van der Waals surface area (Å²) in [5.74, 6) is -0.178. The fourth-order valence-electron chi connectivity index (χ4n) is 3.18. The molecule has 0 spiro atoms. The molecule has 29 heavy (non-hydrogen) atoms. The van der Waals surface area contributed by atoms with Crippen LogP contribution < -0.4 is 13.8 Å². The number of hydrogen-bond donors (Lipinski definition) is 1. The third-order valence-electron chi connectivity index (χ3n) is 4.65. The van der Waals surface area contributed by atoms with Gasteiger partial charge in [-0.15, -0.1) is 0 Å². The molecule has 156 valence electrons. The minimum Gasteiger partial charge on any atom is -0.496 e. The molecule has 3 rings (SSSR count). The van der Waals surface area contributed by atoms with Gasteiger partial charge in [-0.3, -0.25) is 4.79 Å². The van der Waals surface area contributed by atoms with Crippen molar-refractivity contribution in [2.75, 3.05) is 23.7 Å². The minimum absolute atomic E-state index is 0.0307. The van der Waals surface area contributed by atoms with Crippen molar-refractivity contribution in [1.82, 2.24) is 4.72 Å². The maximum absolute atomic E-state index is 12.8. The first-order valence-corrected chi connectivity index (χ1v) is 12.0. The van der Waals surface area contributed by atoms with Crippen LogP contribution in [0.25, 0.3) is 0 Å². The van der Waals surface area contributed by atoms with Crippen molar-refractivity contribution in [2.45, 2.75) is 24.7 Å². The molecule has 1 fully saturated rings. The van der Waals surface area contributed by atoms with E-state index < -0.39 is 26.0 Å². The van der Waals surface area contributed by atoms with Crippen LogP contribution in [0.4, 0.5) is 5.69 Å². The van der Waals surface area contributed by atoms with Gasteiger partial charge in [-0.2, -0.15) is 0 Å². The van der Waals surface area contributed by atoms with Crippen molar-refractivity contribution >= 4 is 31.6 Å². The predicted octanol–water partition coefficient (Wildman–Crippen LogP) is 1.59.